The molecular weight excluding hydrogens is 248 g/mol. The van der Waals surface area contributed by atoms with Gasteiger partial charge >= 0.3 is 5.97 Å². The van der Waals surface area contributed by atoms with Crippen molar-refractivity contribution in [2.24, 2.45) is 0 Å². The highest BCUT2D eigenvalue weighted by Crippen LogP contribution is 2.26. The Kier molecular flexibility index (Phi) is 3.98. The van der Waals surface area contributed by atoms with Gasteiger partial charge in [-0.25, -0.2) is 9.78 Å². The van der Waals surface area contributed by atoms with Gasteiger partial charge in [0.15, 0.2) is 0 Å². The molecule has 0 spiro atoms. The van der Waals surface area contributed by atoms with Crippen LogP contribution in [-0.4, -0.2) is 17.6 Å². The minimum Gasteiger partial charge on any atom is -0.462 e. The molecule has 6 heteroatoms. The maximum atomic E-state index is 11.3. The molecule has 0 aliphatic carbocycles. The molecule has 3 nitrogen and oxygen atoms in total. The van der Waals surface area contributed by atoms with E-state index in [1.54, 1.807) is 6.92 Å². The van der Waals surface area contributed by atoms with Crippen molar-refractivity contribution in [2.45, 2.75) is 6.92 Å². The van der Waals surface area contributed by atoms with Crippen LogP contribution in [0.25, 0.3) is 0 Å². The van der Waals surface area contributed by atoms with E-state index in [-0.39, 0.29) is 27.5 Å². The molecule has 0 aromatic carbocycles. The Morgan fingerprint density at radius 3 is 2.64 bits per heavy atom. The first-order valence-electron chi connectivity index (χ1n) is 3.75. The molecule has 14 heavy (non-hydrogen) atoms. The molecule has 76 valence electrons. The number of ether oxygens (including phenoxy) is 1. The molecule has 0 radical (unpaired) electrons. The van der Waals surface area contributed by atoms with Gasteiger partial charge < -0.3 is 4.74 Å². The zero-order valence-electron chi connectivity index (χ0n) is 7.18. The van der Waals surface area contributed by atoms with E-state index in [0.717, 1.165) is 0 Å². The fraction of sp³-hybridized carbons (Fsp3) is 0.250. The Bertz CT molecular complexity index is 345. The molecular formula is C8H6Cl3NO2. The summed E-state index contributed by atoms with van der Waals surface area (Å²) >= 11 is 17.0. The van der Waals surface area contributed by atoms with Crippen molar-refractivity contribution >= 4 is 40.8 Å². The molecule has 0 N–H and O–H groups in total. The minimum absolute atomic E-state index is 0.0413. The van der Waals surface area contributed by atoms with Gasteiger partial charge in [-0.1, -0.05) is 34.8 Å². The summed E-state index contributed by atoms with van der Waals surface area (Å²) in [5, 5.41) is 0.211. The summed E-state index contributed by atoms with van der Waals surface area (Å²) in [6.45, 7) is 1.93. The van der Waals surface area contributed by atoms with Gasteiger partial charge in [-0.2, -0.15) is 0 Å². The summed E-state index contributed by atoms with van der Waals surface area (Å²) in [4.78, 5) is 15.0. The number of rotatable bonds is 2. The third kappa shape index (κ3) is 2.50. The lowest BCUT2D eigenvalue weighted by molar-refractivity contribution is 0.0526. The van der Waals surface area contributed by atoms with Crippen molar-refractivity contribution in [1.29, 1.82) is 0 Å². The number of carbonyl (C=O) groups excluding carboxylic acids is 1. The van der Waals surface area contributed by atoms with E-state index < -0.39 is 5.97 Å². The van der Waals surface area contributed by atoms with Gasteiger partial charge in [0, 0.05) is 0 Å². The molecule has 0 fully saturated rings. The van der Waals surface area contributed by atoms with Gasteiger partial charge in [-0.15, -0.1) is 0 Å². The van der Waals surface area contributed by atoms with Crippen molar-refractivity contribution < 1.29 is 9.53 Å². The Labute approximate surface area is 95.9 Å². The highest BCUT2D eigenvalue weighted by molar-refractivity contribution is 6.40. The average molecular weight is 254 g/mol. The molecule has 1 rings (SSSR count). The largest absolute Gasteiger partial charge is 0.462 e. The normalized spacial score (nSPS) is 10.0. The van der Waals surface area contributed by atoms with Crippen molar-refractivity contribution in [3.63, 3.8) is 0 Å². The van der Waals surface area contributed by atoms with Crippen LogP contribution in [0, 0.1) is 0 Å². The van der Waals surface area contributed by atoms with Crippen LogP contribution >= 0.6 is 34.8 Å². The van der Waals surface area contributed by atoms with Gasteiger partial charge in [0.25, 0.3) is 0 Å². The van der Waals surface area contributed by atoms with Crippen molar-refractivity contribution in [2.75, 3.05) is 6.61 Å². The number of aromatic nitrogens is 1. The van der Waals surface area contributed by atoms with E-state index in [1.165, 1.54) is 6.07 Å². The SMILES string of the molecule is CCOC(=O)c1c(Cl)cc(Cl)nc1Cl. The lowest BCUT2D eigenvalue weighted by atomic mass is 10.3. The van der Waals surface area contributed by atoms with Gasteiger partial charge in [0.05, 0.1) is 11.6 Å². The van der Waals surface area contributed by atoms with Crippen LogP contribution in [0.15, 0.2) is 6.07 Å². The van der Waals surface area contributed by atoms with Crippen molar-refractivity contribution in [1.82, 2.24) is 4.98 Å². The zero-order chi connectivity index (χ0) is 10.7. The van der Waals surface area contributed by atoms with Gasteiger partial charge in [-0.3, -0.25) is 0 Å². The summed E-state index contributed by atoms with van der Waals surface area (Å²) in [6, 6.07) is 1.33. The zero-order valence-corrected chi connectivity index (χ0v) is 9.45. The molecule has 0 atom stereocenters. The Morgan fingerprint density at radius 1 is 1.50 bits per heavy atom. The van der Waals surface area contributed by atoms with Crippen LogP contribution in [-0.2, 0) is 4.74 Å². The predicted molar refractivity (Wildman–Crippen MR) is 55.2 cm³/mol. The fourth-order valence-corrected chi connectivity index (χ4v) is 1.72. The molecule has 0 unspecified atom stereocenters. The lowest BCUT2D eigenvalue weighted by Gasteiger charge is -2.05. The molecule has 0 saturated carbocycles. The topological polar surface area (TPSA) is 39.2 Å². The molecule has 0 bridgehead atoms. The van der Waals surface area contributed by atoms with E-state index >= 15 is 0 Å². The van der Waals surface area contributed by atoms with E-state index in [9.17, 15) is 4.79 Å². The number of hydrogen-bond acceptors (Lipinski definition) is 3. The highest BCUT2D eigenvalue weighted by Gasteiger charge is 2.17. The van der Waals surface area contributed by atoms with Crippen LogP contribution in [0.1, 0.15) is 17.3 Å². The monoisotopic (exact) mass is 253 g/mol. The van der Waals surface area contributed by atoms with Gasteiger partial charge in [0.2, 0.25) is 0 Å². The number of nitrogens with zero attached hydrogens (tertiary/aromatic N) is 1. The van der Waals surface area contributed by atoms with Crippen LogP contribution in [0.4, 0.5) is 0 Å². The number of pyridine rings is 1. The van der Waals surface area contributed by atoms with Crippen LogP contribution < -0.4 is 0 Å². The first-order valence-corrected chi connectivity index (χ1v) is 4.88. The number of carbonyl (C=O) groups is 1. The predicted octanol–water partition coefficient (Wildman–Crippen LogP) is 3.22. The molecule has 0 aliphatic heterocycles. The number of hydrogen-bond donors (Lipinski definition) is 0. The summed E-state index contributed by atoms with van der Waals surface area (Å²) in [6.07, 6.45) is 0. The summed E-state index contributed by atoms with van der Waals surface area (Å²) in [5.41, 5.74) is 0.0413. The number of halogens is 3. The maximum absolute atomic E-state index is 11.3. The first kappa shape index (κ1) is 11.6. The molecule has 0 aliphatic rings. The van der Waals surface area contributed by atoms with E-state index in [0.29, 0.717) is 0 Å². The second-order valence-electron chi connectivity index (χ2n) is 2.31. The van der Waals surface area contributed by atoms with Crippen LogP contribution in [0.5, 0.6) is 0 Å². The summed E-state index contributed by atoms with van der Waals surface area (Å²) in [7, 11) is 0. The average Bonchev–Trinajstić information content (AvgIpc) is 2.01. The molecule has 1 heterocycles. The third-order valence-corrected chi connectivity index (χ3v) is 2.14. The second kappa shape index (κ2) is 4.82. The standard InChI is InChI=1S/C8H6Cl3NO2/c1-2-14-8(13)6-4(9)3-5(10)12-7(6)11/h3H,2H2,1H3. The third-order valence-electron chi connectivity index (χ3n) is 1.38. The van der Waals surface area contributed by atoms with Gasteiger partial charge in [0.1, 0.15) is 15.9 Å². The Hall–Kier alpha value is -0.510. The summed E-state index contributed by atoms with van der Waals surface area (Å²) in [5.74, 6) is -0.605. The van der Waals surface area contributed by atoms with Crippen LogP contribution in [0.3, 0.4) is 0 Å². The molecule has 1 aromatic heterocycles. The Balaban J connectivity index is 3.14. The highest BCUT2D eigenvalue weighted by atomic mass is 35.5. The second-order valence-corrected chi connectivity index (χ2v) is 3.47. The number of esters is 1. The maximum Gasteiger partial charge on any atom is 0.342 e. The lowest BCUT2D eigenvalue weighted by Crippen LogP contribution is -2.07. The fourth-order valence-electron chi connectivity index (χ4n) is 0.842. The quantitative estimate of drug-likeness (QED) is 0.601. The molecule has 0 saturated heterocycles. The molecule has 1 aromatic rings. The first-order chi connectivity index (χ1) is 6.56. The van der Waals surface area contributed by atoms with Gasteiger partial charge in [-0.05, 0) is 13.0 Å². The Morgan fingerprint density at radius 2 is 2.14 bits per heavy atom. The van der Waals surface area contributed by atoms with Crippen LogP contribution in [0.2, 0.25) is 15.3 Å². The van der Waals surface area contributed by atoms with E-state index in [1.807, 2.05) is 0 Å². The van der Waals surface area contributed by atoms with Crippen molar-refractivity contribution in [3.05, 3.63) is 27.0 Å². The van der Waals surface area contributed by atoms with Crippen molar-refractivity contribution in [3.8, 4) is 0 Å². The molecule has 0 amide bonds. The summed E-state index contributed by atoms with van der Waals surface area (Å²) < 4.78 is 4.74. The minimum atomic E-state index is -0.605. The smallest absolute Gasteiger partial charge is 0.342 e. The van der Waals surface area contributed by atoms with E-state index in [2.05, 4.69) is 4.98 Å². The van der Waals surface area contributed by atoms with E-state index in [4.69, 9.17) is 39.5 Å².